The number of nitrogens with one attached hydrogen (secondary N) is 1. The van der Waals surface area contributed by atoms with E-state index in [1.165, 1.54) is 6.20 Å². The van der Waals surface area contributed by atoms with Gasteiger partial charge in [0.15, 0.2) is 0 Å². The molecule has 1 aromatic rings. The van der Waals surface area contributed by atoms with E-state index in [4.69, 9.17) is 11.6 Å². The first-order chi connectivity index (χ1) is 7.50. The quantitative estimate of drug-likeness (QED) is 0.858. The number of halogens is 1. The largest absolute Gasteiger partial charge is 0.368 e. The van der Waals surface area contributed by atoms with Crippen molar-refractivity contribution >= 4 is 17.4 Å². The maximum Gasteiger partial charge on any atom is 0.149 e. The molecule has 0 saturated heterocycles. The average Bonchev–Trinajstić information content (AvgIpc) is 2.16. The van der Waals surface area contributed by atoms with Crippen molar-refractivity contribution in [3.8, 4) is 0 Å². The van der Waals surface area contributed by atoms with Gasteiger partial charge < -0.3 is 5.32 Å². The molecule has 0 aliphatic heterocycles. The van der Waals surface area contributed by atoms with Crippen LogP contribution in [0.3, 0.4) is 0 Å². The van der Waals surface area contributed by atoms with E-state index >= 15 is 0 Å². The predicted octanol–water partition coefficient (Wildman–Crippen LogP) is 3.47. The van der Waals surface area contributed by atoms with Crippen LogP contribution in [0.25, 0.3) is 0 Å². The third-order valence-electron chi connectivity index (χ3n) is 2.84. The Balaban J connectivity index is 2.55. The standard InChI is InChI=1S/C12H20ClN3/c1-8(2)10(9(3)4)5-15-12-7-14-6-11(13)16-12/h6-10H,5H2,1-4H3,(H,15,16). The van der Waals surface area contributed by atoms with Crippen LogP contribution >= 0.6 is 11.6 Å². The van der Waals surface area contributed by atoms with E-state index in [0.29, 0.717) is 22.9 Å². The highest BCUT2D eigenvalue weighted by Gasteiger charge is 2.17. The van der Waals surface area contributed by atoms with E-state index in [0.717, 1.165) is 12.4 Å². The molecular weight excluding hydrogens is 222 g/mol. The van der Waals surface area contributed by atoms with Crippen LogP contribution in [0.2, 0.25) is 5.15 Å². The summed E-state index contributed by atoms with van der Waals surface area (Å²) in [6.45, 7) is 9.89. The van der Waals surface area contributed by atoms with E-state index in [-0.39, 0.29) is 0 Å². The van der Waals surface area contributed by atoms with Crippen LogP contribution in [0.5, 0.6) is 0 Å². The molecular formula is C12H20ClN3. The lowest BCUT2D eigenvalue weighted by atomic mass is 9.85. The van der Waals surface area contributed by atoms with Crippen molar-refractivity contribution in [3.05, 3.63) is 17.5 Å². The lowest BCUT2D eigenvalue weighted by molar-refractivity contribution is 0.304. The van der Waals surface area contributed by atoms with Crippen LogP contribution in [0, 0.1) is 17.8 Å². The van der Waals surface area contributed by atoms with Crippen molar-refractivity contribution in [2.75, 3.05) is 11.9 Å². The van der Waals surface area contributed by atoms with Gasteiger partial charge in [-0.25, -0.2) is 4.98 Å². The second-order valence-electron chi connectivity index (χ2n) is 4.76. The fourth-order valence-electron chi connectivity index (χ4n) is 1.89. The van der Waals surface area contributed by atoms with Crippen molar-refractivity contribution in [1.29, 1.82) is 0 Å². The molecule has 1 aromatic heterocycles. The highest BCUT2D eigenvalue weighted by atomic mass is 35.5. The Morgan fingerprint density at radius 1 is 1.19 bits per heavy atom. The molecule has 0 bridgehead atoms. The summed E-state index contributed by atoms with van der Waals surface area (Å²) in [4.78, 5) is 8.15. The number of aromatic nitrogens is 2. The van der Waals surface area contributed by atoms with E-state index in [2.05, 4.69) is 43.0 Å². The Morgan fingerprint density at radius 3 is 2.31 bits per heavy atom. The highest BCUT2D eigenvalue weighted by Crippen LogP contribution is 2.20. The monoisotopic (exact) mass is 241 g/mol. The first kappa shape index (κ1) is 13.2. The number of hydrogen-bond donors (Lipinski definition) is 1. The van der Waals surface area contributed by atoms with E-state index in [1.54, 1.807) is 6.20 Å². The molecule has 3 nitrogen and oxygen atoms in total. The van der Waals surface area contributed by atoms with Crippen LogP contribution in [-0.2, 0) is 0 Å². The summed E-state index contributed by atoms with van der Waals surface area (Å²) in [7, 11) is 0. The zero-order valence-electron chi connectivity index (χ0n) is 10.4. The van der Waals surface area contributed by atoms with Crippen molar-refractivity contribution in [2.45, 2.75) is 27.7 Å². The minimum atomic E-state index is 0.427. The fraction of sp³-hybridized carbons (Fsp3) is 0.667. The molecule has 0 aliphatic rings. The van der Waals surface area contributed by atoms with Crippen molar-refractivity contribution < 1.29 is 0 Å². The lowest BCUT2D eigenvalue weighted by Crippen LogP contribution is -2.24. The summed E-state index contributed by atoms with van der Waals surface area (Å²) in [5.41, 5.74) is 0. The van der Waals surface area contributed by atoms with Gasteiger partial charge in [0.25, 0.3) is 0 Å². The van der Waals surface area contributed by atoms with E-state index in [1.807, 2.05) is 0 Å². The average molecular weight is 242 g/mol. The second kappa shape index (κ2) is 6.04. The van der Waals surface area contributed by atoms with Crippen LogP contribution in [0.15, 0.2) is 12.4 Å². The Hall–Kier alpha value is -0.830. The molecule has 0 unspecified atom stereocenters. The van der Waals surface area contributed by atoms with Gasteiger partial charge in [0.1, 0.15) is 11.0 Å². The third-order valence-corrected chi connectivity index (χ3v) is 3.02. The molecule has 4 heteroatoms. The van der Waals surface area contributed by atoms with Crippen molar-refractivity contribution in [2.24, 2.45) is 17.8 Å². The molecule has 1 N–H and O–H groups in total. The van der Waals surface area contributed by atoms with Gasteiger partial charge in [-0.2, -0.15) is 0 Å². The van der Waals surface area contributed by atoms with Crippen LogP contribution in [0.1, 0.15) is 27.7 Å². The van der Waals surface area contributed by atoms with Gasteiger partial charge in [-0.05, 0) is 17.8 Å². The molecule has 90 valence electrons. The number of anilines is 1. The van der Waals surface area contributed by atoms with Gasteiger partial charge in [0.05, 0.1) is 12.4 Å². The predicted molar refractivity (Wildman–Crippen MR) is 68.7 cm³/mol. The summed E-state index contributed by atoms with van der Waals surface area (Å²) < 4.78 is 0. The van der Waals surface area contributed by atoms with Gasteiger partial charge in [-0.1, -0.05) is 39.3 Å². The topological polar surface area (TPSA) is 37.8 Å². The molecule has 1 rings (SSSR count). The van der Waals surface area contributed by atoms with Crippen molar-refractivity contribution in [1.82, 2.24) is 9.97 Å². The van der Waals surface area contributed by atoms with Gasteiger partial charge >= 0.3 is 0 Å². The highest BCUT2D eigenvalue weighted by molar-refractivity contribution is 6.29. The first-order valence-electron chi connectivity index (χ1n) is 5.72. The zero-order chi connectivity index (χ0) is 12.1. The zero-order valence-corrected chi connectivity index (χ0v) is 11.1. The SMILES string of the molecule is CC(C)C(CNc1cncc(Cl)n1)C(C)C. The molecule has 16 heavy (non-hydrogen) atoms. The summed E-state index contributed by atoms with van der Waals surface area (Å²) >= 11 is 5.77. The fourth-order valence-corrected chi connectivity index (χ4v) is 2.04. The summed E-state index contributed by atoms with van der Waals surface area (Å²) in [5, 5.41) is 3.72. The Morgan fingerprint density at radius 2 is 1.81 bits per heavy atom. The number of nitrogens with zero attached hydrogens (tertiary/aromatic N) is 2. The first-order valence-corrected chi connectivity index (χ1v) is 6.10. The Kier molecular flexibility index (Phi) is 5.00. The number of hydrogen-bond acceptors (Lipinski definition) is 3. The molecule has 0 saturated carbocycles. The summed E-state index contributed by atoms with van der Waals surface area (Å²) in [6, 6.07) is 0. The molecule has 0 atom stereocenters. The Bertz CT molecular complexity index is 318. The molecule has 0 spiro atoms. The van der Waals surface area contributed by atoms with Crippen molar-refractivity contribution in [3.63, 3.8) is 0 Å². The number of rotatable bonds is 5. The molecule has 0 aromatic carbocycles. The maximum atomic E-state index is 5.77. The van der Waals surface area contributed by atoms with E-state index < -0.39 is 0 Å². The summed E-state index contributed by atoms with van der Waals surface area (Å²) in [6.07, 6.45) is 3.23. The van der Waals surface area contributed by atoms with Gasteiger partial charge in [0.2, 0.25) is 0 Å². The molecule has 1 heterocycles. The normalized spacial score (nSPS) is 11.5. The Labute approximate surface area is 103 Å². The van der Waals surface area contributed by atoms with Crippen LogP contribution < -0.4 is 5.32 Å². The van der Waals surface area contributed by atoms with Gasteiger partial charge in [0, 0.05) is 6.54 Å². The second-order valence-corrected chi connectivity index (χ2v) is 5.15. The maximum absolute atomic E-state index is 5.77. The summed E-state index contributed by atoms with van der Waals surface area (Å²) in [5.74, 6) is 2.68. The minimum absolute atomic E-state index is 0.427. The third kappa shape index (κ3) is 3.97. The molecule has 0 radical (unpaired) electrons. The lowest BCUT2D eigenvalue weighted by Gasteiger charge is -2.25. The van der Waals surface area contributed by atoms with Crippen LogP contribution in [0.4, 0.5) is 5.82 Å². The molecule has 0 amide bonds. The minimum Gasteiger partial charge on any atom is -0.368 e. The smallest absolute Gasteiger partial charge is 0.149 e. The van der Waals surface area contributed by atoms with E-state index in [9.17, 15) is 0 Å². The molecule has 0 aliphatic carbocycles. The molecule has 0 fully saturated rings. The van der Waals surface area contributed by atoms with Gasteiger partial charge in [-0.3, -0.25) is 4.98 Å². The van der Waals surface area contributed by atoms with Gasteiger partial charge in [-0.15, -0.1) is 0 Å². The van der Waals surface area contributed by atoms with Crippen LogP contribution in [-0.4, -0.2) is 16.5 Å².